The Morgan fingerprint density at radius 1 is 0.619 bits per heavy atom. The average molecular weight is 601 g/mol. The normalized spacial score (nSPS) is 15.3. The minimum absolute atomic E-state index is 0.0356. The van der Waals surface area contributed by atoms with Crippen LogP contribution in [-0.4, -0.2) is 21.5 Å². The maximum absolute atomic E-state index is 13.8. The molecule has 0 saturated carbocycles. The summed E-state index contributed by atoms with van der Waals surface area (Å²) in [4.78, 5) is 20.0. The van der Waals surface area contributed by atoms with Gasteiger partial charge in [-0.1, -0.05) is 146 Å². The Kier molecular flexibility index (Phi) is 11.4. The van der Waals surface area contributed by atoms with E-state index in [2.05, 4.69) is 133 Å². The van der Waals surface area contributed by atoms with E-state index in [1.165, 1.54) is 11.1 Å². The van der Waals surface area contributed by atoms with Gasteiger partial charge in [-0.05, 0) is 67.9 Å². The van der Waals surface area contributed by atoms with E-state index in [1.807, 2.05) is 0 Å². The van der Waals surface area contributed by atoms with Crippen LogP contribution in [0.25, 0.3) is 0 Å². The Labute approximate surface area is 259 Å². The lowest BCUT2D eigenvalue weighted by atomic mass is 9.57. The zero-order valence-corrected chi connectivity index (χ0v) is 30.1. The van der Waals surface area contributed by atoms with Gasteiger partial charge in [-0.3, -0.25) is 0 Å². The Bertz CT molecular complexity index is 1110. The molecule has 1 atom stereocenters. The second-order valence-corrected chi connectivity index (χ2v) is 17.3. The summed E-state index contributed by atoms with van der Waals surface area (Å²) in [5.74, 6) is 0. The summed E-state index contributed by atoms with van der Waals surface area (Å²) >= 11 is 0. The van der Waals surface area contributed by atoms with E-state index in [9.17, 15) is 14.9 Å². The molecule has 3 N–H and O–H groups in total. The highest BCUT2D eigenvalue weighted by atomic mass is 31.2. The number of rotatable bonds is 10. The summed E-state index contributed by atoms with van der Waals surface area (Å²) in [6.45, 7) is 30.9. The highest BCUT2D eigenvalue weighted by molar-refractivity contribution is 7.39. The van der Waals surface area contributed by atoms with Crippen molar-refractivity contribution in [1.29, 1.82) is 0 Å². The molecule has 0 bridgehead atoms. The predicted octanol–water partition coefficient (Wildman–Crippen LogP) is 9.93. The SMILES string of the molecule is CCCCC(CC)(COP(O)O)C(O)(c1ccc(C(C)(C)C)cc1C(C)(C)C)c1ccc(C(C)(C)C)cc1C(C)(C)C. The fraction of sp³-hybridized carbons (Fsp3) is 0.676. The molecule has 2 rings (SSSR count). The molecule has 0 aromatic heterocycles. The Hall–Kier alpha value is -1.29. The number of hydrogen-bond acceptors (Lipinski definition) is 4. The van der Waals surface area contributed by atoms with Gasteiger partial charge in [-0.25, -0.2) is 0 Å². The lowest BCUT2D eigenvalue weighted by molar-refractivity contribution is -0.0930. The zero-order chi connectivity index (χ0) is 32.5. The lowest BCUT2D eigenvalue weighted by Crippen LogP contribution is -2.51. The van der Waals surface area contributed by atoms with E-state index in [0.29, 0.717) is 12.8 Å². The van der Waals surface area contributed by atoms with Crippen LogP contribution in [-0.2, 0) is 31.8 Å². The van der Waals surface area contributed by atoms with Crippen molar-refractivity contribution in [3.05, 3.63) is 69.8 Å². The van der Waals surface area contributed by atoms with E-state index < -0.39 is 19.6 Å². The fourth-order valence-electron chi connectivity index (χ4n) is 6.20. The van der Waals surface area contributed by atoms with Crippen LogP contribution in [0.1, 0.15) is 156 Å². The van der Waals surface area contributed by atoms with Gasteiger partial charge in [-0.2, -0.15) is 0 Å². The summed E-state index contributed by atoms with van der Waals surface area (Å²) in [5, 5.41) is 13.8. The molecule has 0 spiro atoms. The minimum Gasteiger partial charge on any atom is -0.380 e. The molecule has 2 aromatic carbocycles. The molecule has 0 aliphatic rings. The first-order valence-corrected chi connectivity index (χ1v) is 17.0. The highest BCUT2D eigenvalue weighted by Crippen LogP contribution is 2.56. The van der Waals surface area contributed by atoms with Gasteiger partial charge in [0.15, 0.2) is 0 Å². The maximum Gasteiger partial charge on any atom is 0.327 e. The molecule has 1 unspecified atom stereocenters. The summed E-state index contributed by atoms with van der Waals surface area (Å²) < 4.78 is 5.71. The van der Waals surface area contributed by atoms with Crippen LogP contribution in [0.3, 0.4) is 0 Å². The topological polar surface area (TPSA) is 69.9 Å². The number of hydrogen-bond donors (Lipinski definition) is 3. The summed E-state index contributed by atoms with van der Waals surface area (Å²) in [5.41, 5.74) is 3.46. The smallest absolute Gasteiger partial charge is 0.327 e. The third-order valence-electron chi connectivity index (χ3n) is 9.08. The minimum atomic E-state index is -2.58. The average Bonchev–Trinajstić information content (AvgIpc) is 2.85. The summed E-state index contributed by atoms with van der Waals surface area (Å²) in [6, 6.07) is 13.2. The van der Waals surface area contributed by atoms with Gasteiger partial charge in [0.2, 0.25) is 0 Å². The van der Waals surface area contributed by atoms with Crippen LogP contribution in [0.15, 0.2) is 36.4 Å². The molecule has 0 saturated heterocycles. The van der Waals surface area contributed by atoms with Crippen LogP contribution < -0.4 is 0 Å². The standard InChI is InChI=1S/C37H61O4P/c1-15-17-22-36(16-2,25-41-42(39)40)37(38,28-20-18-26(32(3,4)5)23-30(28)34(9,10)11)29-21-19-27(33(6,7)8)24-31(29)35(12,13)14/h18-21,23-24,38-40H,15-17,22,25H2,1-14H3. The van der Waals surface area contributed by atoms with Crippen LogP contribution >= 0.6 is 8.60 Å². The Balaban J connectivity index is 3.26. The quantitative estimate of drug-likeness (QED) is 0.237. The monoisotopic (exact) mass is 600 g/mol. The molecule has 0 aliphatic carbocycles. The molecular weight excluding hydrogens is 539 g/mol. The van der Waals surface area contributed by atoms with E-state index in [0.717, 1.165) is 35.1 Å². The van der Waals surface area contributed by atoms with Gasteiger partial charge >= 0.3 is 8.60 Å². The van der Waals surface area contributed by atoms with Crippen molar-refractivity contribution < 1.29 is 19.4 Å². The van der Waals surface area contributed by atoms with Crippen molar-refractivity contribution >= 4 is 8.60 Å². The van der Waals surface area contributed by atoms with Crippen LogP contribution in [0.2, 0.25) is 0 Å². The lowest BCUT2D eigenvalue weighted by Gasteiger charge is -2.51. The van der Waals surface area contributed by atoms with Gasteiger partial charge in [0.25, 0.3) is 0 Å². The third kappa shape index (κ3) is 7.86. The zero-order valence-electron chi connectivity index (χ0n) is 29.2. The van der Waals surface area contributed by atoms with E-state index in [-0.39, 0.29) is 28.3 Å². The molecule has 238 valence electrons. The molecule has 4 nitrogen and oxygen atoms in total. The Morgan fingerprint density at radius 3 is 1.31 bits per heavy atom. The molecule has 5 heteroatoms. The second kappa shape index (κ2) is 13.0. The molecular formula is C37H61O4P. The van der Waals surface area contributed by atoms with E-state index in [4.69, 9.17) is 4.52 Å². The fourth-order valence-corrected chi connectivity index (χ4v) is 6.56. The second-order valence-electron chi connectivity index (χ2n) is 16.5. The summed E-state index contributed by atoms with van der Waals surface area (Å²) in [7, 11) is -2.58. The first-order chi connectivity index (χ1) is 19.0. The van der Waals surface area contributed by atoms with Crippen LogP contribution in [0.4, 0.5) is 0 Å². The van der Waals surface area contributed by atoms with E-state index >= 15 is 0 Å². The number of unbranched alkanes of at least 4 members (excludes halogenated alkanes) is 1. The van der Waals surface area contributed by atoms with Gasteiger partial charge in [0.05, 0.1) is 6.61 Å². The van der Waals surface area contributed by atoms with Gasteiger partial charge in [0.1, 0.15) is 5.60 Å². The van der Waals surface area contributed by atoms with Crippen molar-refractivity contribution in [3.8, 4) is 0 Å². The molecule has 0 heterocycles. The molecule has 42 heavy (non-hydrogen) atoms. The van der Waals surface area contributed by atoms with Crippen molar-refractivity contribution in [2.75, 3.05) is 6.61 Å². The first kappa shape index (κ1) is 36.9. The number of benzene rings is 2. The third-order valence-corrected chi connectivity index (χ3v) is 9.44. The predicted molar refractivity (Wildman–Crippen MR) is 180 cm³/mol. The molecule has 2 aromatic rings. The highest BCUT2D eigenvalue weighted by Gasteiger charge is 2.54. The van der Waals surface area contributed by atoms with Crippen LogP contribution in [0.5, 0.6) is 0 Å². The largest absolute Gasteiger partial charge is 0.380 e. The van der Waals surface area contributed by atoms with Crippen LogP contribution in [0, 0.1) is 5.41 Å². The molecule has 0 fully saturated rings. The van der Waals surface area contributed by atoms with Gasteiger partial charge in [-0.15, -0.1) is 0 Å². The molecule has 0 aliphatic heterocycles. The van der Waals surface area contributed by atoms with Gasteiger partial charge in [0, 0.05) is 5.41 Å². The molecule has 0 radical (unpaired) electrons. The maximum atomic E-state index is 13.8. The number of aliphatic hydroxyl groups is 1. The van der Waals surface area contributed by atoms with Crippen molar-refractivity contribution in [2.24, 2.45) is 5.41 Å². The Morgan fingerprint density at radius 2 is 1.02 bits per heavy atom. The van der Waals surface area contributed by atoms with Gasteiger partial charge < -0.3 is 19.4 Å². The van der Waals surface area contributed by atoms with Crippen molar-refractivity contribution in [1.82, 2.24) is 0 Å². The van der Waals surface area contributed by atoms with Crippen molar-refractivity contribution in [2.45, 2.75) is 150 Å². The van der Waals surface area contributed by atoms with E-state index in [1.54, 1.807) is 0 Å². The first-order valence-electron chi connectivity index (χ1n) is 15.8. The van der Waals surface area contributed by atoms with Crippen molar-refractivity contribution in [3.63, 3.8) is 0 Å². The molecule has 0 amide bonds. The summed E-state index contributed by atoms with van der Waals surface area (Å²) in [6.07, 6.45) is 3.11.